The minimum Gasteiger partial charge on any atom is -0.401 e. The number of aromatic amines is 1. The molecule has 1 aliphatic carbocycles. The van der Waals surface area contributed by atoms with Crippen molar-refractivity contribution in [1.29, 1.82) is 0 Å². The summed E-state index contributed by atoms with van der Waals surface area (Å²) in [4.78, 5) is 28.8. The van der Waals surface area contributed by atoms with Gasteiger partial charge < -0.3 is 9.40 Å². The van der Waals surface area contributed by atoms with Crippen LogP contribution in [0, 0.1) is 0 Å². The van der Waals surface area contributed by atoms with Crippen molar-refractivity contribution in [3.63, 3.8) is 0 Å². The second-order valence-electron chi connectivity index (χ2n) is 7.82. The van der Waals surface area contributed by atoms with Gasteiger partial charge in [-0.3, -0.25) is 0 Å². The zero-order valence-corrected chi connectivity index (χ0v) is 18.3. The summed E-state index contributed by atoms with van der Waals surface area (Å²) in [5.74, 6) is 0.544. The van der Waals surface area contributed by atoms with Gasteiger partial charge in [0.15, 0.2) is 11.5 Å². The maximum atomic E-state index is 13.5. The zero-order chi connectivity index (χ0) is 23.8. The number of halogens is 5. The van der Waals surface area contributed by atoms with E-state index in [4.69, 9.17) is 27.6 Å². The van der Waals surface area contributed by atoms with Crippen LogP contribution in [0.3, 0.4) is 0 Å². The Kier molecular flexibility index (Phi) is 4.52. The largest absolute Gasteiger partial charge is 0.435 e. The molecule has 4 aromatic heterocycles. The number of aromatic nitrogens is 6. The maximum absolute atomic E-state index is 13.5. The topological polar surface area (TPSA) is 102 Å². The highest BCUT2D eigenvalue weighted by molar-refractivity contribution is 6.39. The predicted octanol–water partition coefficient (Wildman–Crippen LogP) is 5.52. The van der Waals surface area contributed by atoms with Crippen molar-refractivity contribution in [3.05, 3.63) is 62.4 Å². The van der Waals surface area contributed by atoms with E-state index in [1.807, 2.05) is 0 Å². The smallest absolute Gasteiger partial charge is 0.401 e. The van der Waals surface area contributed by atoms with E-state index in [-0.39, 0.29) is 32.5 Å². The van der Waals surface area contributed by atoms with Gasteiger partial charge in [0.25, 0.3) is 0 Å². The lowest BCUT2D eigenvalue weighted by Crippen LogP contribution is -2.09. The van der Waals surface area contributed by atoms with E-state index < -0.39 is 23.4 Å². The Balaban J connectivity index is 1.61. The van der Waals surface area contributed by atoms with Crippen molar-refractivity contribution in [2.45, 2.75) is 24.9 Å². The van der Waals surface area contributed by atoms with E-state index >= 15 is 0 Å². The van der Waals surface area contributed by atoms with Crippen LogP contribution in [-0.4, -0.2) is 29.7 Å². The minimum absolute atomic E-state index is 0.0348. The maximum Gasteiger partial charge on any atom is 0.435 e. The van der Waals surface area contributed by atoms with Crippen LogP contribution in [0.2, 0.25) is 10.0 Å². The average Bonchev–Trinajstić information content (AvgIpc) is 3.38. The molecule has 1 N–H and O–H groups in total. The van der Waals surface area contributed by atoms with Gasteiger partial charge in [-0.1, -0.05) is 23.2 Å². The normalized spacial score (nSPS) is 14.4. The molecule has 4 heterocycles. The molecule has 1 saturated carbocycles. The number of nitrogens with one attached hydrogen (secondary N) is 1. The minimum atomic E-state index is -4.78. The number of rotatable bonds is 3. The molecule has 172 valence electrons. The van der Waals surface area contributed by atoms with Crippen LogP contribution in [-0.2, 0) is 6.18 Å². The SMILES string of the molecule is O=c1oc(-c2cc(C(F)(F)F)nn2-c2ncccc2Cl)nc2c(Cl)c3nc(C4CC4)[nH]c3cc12. The quantitative estimate of drug-likeness (QED) is 0.345. The molecule has 0 aliphatic heterocycles. The number of pyridine rings is 1. The highest BCUT2D eigenvalue weighted by atomic mass is 35.5. The number of benzene rings is 1. The van der Waals surface area contributed by atoms with Crippen LogP contribution in [0.5, 0.6) is 0 Å². The van der Waals surface area contributed by atoms with Gasteiger partial charge in [-0.05, 0) is 31.0 Å². The van der Waals surface area contributed by atoms with Gasteiger partial charge in [-0.2, -0.15) is 18.3 Å². The molecule has 0 atom stereocenters. The molecule has 13 heteroatoms. The molecule has 34 heavy (non-hydrogen) atoms. The van der Waals surface area contributed by atoms with Gasteiger partial charge in [-0.25, -0.2) is 24.4 Å². The third-order valence-corrected chi connectivity index (χ3v) is 6.11. The molecule has 0 unspecified atom stereocenters. The van der Waals surface area contributed by atoms with Gasteiger partial charge in [0.2, 0.25) is 5.89 Å². The summed E-state index contributed by atoms with van der Waals surface area (Å²) >= 11 is 12.7. The number of nitrogens with zero attached hydrogens (tertiary/aromatic N) is 5. The van der Waals surface area contributed by atoms with Gasteiger partial charge in [0.1, 0.15) is 22.6 Å². The molecular formula is C21H11Cl2F3N6O2. The van der Waals surface area contributed by atoms with Crippen LogP contribution >= 0.6 is 23.2 Å². The number of H-pyrrole nitrogens is 1. The van der Waals surface area contributed by atoms with E-state index in [0.29, 0.717) is 23.0 Å². The Morgan fingerprint density at radius 2 is 1.94 bits per heavy atom. The lowest BCUT2D eigenvalue weighted by Gasteiger charge is -2.08. The fourth-order valence-corrected chi connectivity index (χ4v) is 4.17. The number of hydrogen-bond donors (Lipinski definition) is 1. The van der Waals surface area contributed by atoms with Crippen molar-refractivity contribution < 1.29 is 17.6 Å². The lowest BCUT2D eigenvalue weighted by atomic mass is 10.2. The summed E-state index contributed by atoms with van der Waals surface area (Å²) in [7, 11) is 0. The first-order valence-corrected chi connectivity index (χ1v) is 10.8. The molecule has 0 bridgehead atoms. The highest BCUT2D eigenvalue weighted by Gasteiger charge is 2.36. The van der Waals surface area contributed by atoms with Crippen molar-refractivity contribution in [3.8, 4) is 17.4 Å². The van der Waals surface area contributed by atoms with E-state index in [1.54, 1.807) is 0 Å². The van der Waals surface area contributed by atoms with Gasteiger partial charge in [0.05, 0.1) is 20.9 Å². The van der Waals surface area contributed by atoms with Gasteiger partial charge >= 0.3 is 11.8 Å². The molecule has 0 spiro atoms. The Labute approximate surface area is 197 Å². The van der Waals surface area contributed by atoms with Crippen molar-refractivity contribution in [2.24, 2.45) is 0 Å². The lowest BCUT2D eigenvalue weighted by molar-refractivity contribution is -0.141. The van der Waals surface area contributed by atoms with E-state index in [0.717, 1.165) is 23.3 Å². The predicted molar refractivity (Wildman–Crippen MR) is 117 cm³/mol. The molecule has 1 aliphatic rings. The third kappa shape index (κ3) is 3.34. The summed E-state index contributed by atoms with van der Waals surface area (Å²) in [6, 6.07) is 5.18. The highest BCUT2D eigenvalue weighted by Crippen LogP contribution is 2.41. The van der Waals surface area contributed by atoms with E-state index in [9.17, 15) is 18.0 Å². The van der Waals surface area contributed by atoms with E-state index in [2.05, 4.69) is 25.0 Å². The molecule has 0 saturated heterocycles. The zero-order valence-electron chi connectivity index (χ0n) is 16.8. The van der Waals surface area contributed by atoms with Crippen molar-refractivity contribution in [2.75, 3.05) is 0 Å². The second-order valence-corrected chi connectivity index (χ2v) is 8.60. The fourth-order valence-electron chi connectivity index (χ4n) is 3.68. The Morgan fingerprint density at radius 1 is 1.15 bits per heavy atom. The standard InChI is InChI=1S/C21H11Cl2F3N6O2/c22-10-2-1-5-27-18(10)32-12(7-13(31-32)21(24,25)26)19-30-15-9(20(33)34-19)6-11-16(14(15)23)29-17(28-11)8-3-4-8/h1-2,5-8H,3-4H2,(H,28,29). The van der Waals surface area contributed by atoms with Gasteiger partial charge in [-0.15, -0.1) is 0 Å². The number of alkyl halides is 3. The molecule has 0 radical (unpaired) electrons. The number of imidazole rings is 1. The Bertz CT molecular complexity index is 1670. The summed E-state index contributed by atoms with van der Waals surface area (Å²) in [6.07, 6.45) is -1.44. The Morgan fingerprint density at radius 3 is 2.65 bits per heavy atom. The first-order chi connectivity index (χ1) is 16.2. The van der Waals surface area contributed by atoms with Gasteiger partial charge in [0, 0.05) is 18.2 Å². The van der Waals surface area contributed by atoms with Crippen LogP contribution in [0.4, 0.5) is 13.2 Å². The second kappa shape index (κ2) is 7.28. The van der Waals surface area contributed by atoms with Crippen LogP contribution in [0.1, 0.15) is 30.3 Å². The molecule has 1 fully saturated rings. The first-order valence-electron chi connectivity index (χ1n) is 10.0. The summed E-state index contributed by atoms with van der Waals surface area (Å²) in [6.45, 7) is 0. The fraction of sp³-hybridized carbons (Fsp3) is 0.190. The monoisotopic (exact) mass is 506 g/mol. The molecule has 6 rings (SSSR count). The van der Waals surface area contributed by atoms with Crippen LogP contribution in [0.15, 0.2) is 39.7 Å². The molecule has 8 nitrogen and oxygen atoms in total. The van der Waals surface area contributed by atoms with Crippen molar-refractivity contribution >= 4 is 45.1 Å². The van der Waals surface area contributed by atoms with Crippen LogP contribution in [0.25, 0.3) is 39.3 Å². The van der Waals surface area contributed by atoms with Crippen molar-refractivity contribution in [1.82, 2.24) is 29.7 Å². The average molecular weight is 507 g/mol. The summed E-state index contributed by atoms with van der Waals surface area (Å²) in [5.41, 5.74) is -1.34. The van der Waals surface area contributed by atoms with Crippen LogP contribution < -0.4 is 5.63 Å². The summed E-state index contributed by atoms with van der Waals surface area (Å²) < 4.78 is 46.6. The first kappa shape index (κ1) is 21.1. The number of hydrogen-bond acceptors (Lipinski definition) is 6. The molecular weight excluding hydrogens is 496 g/mol. The molecule has 5 aromatic rings. The molecule has 1 aromatic carbocycles. The van der Waals surface area contributed by atoms with E-state index in [1.165, 1.54) is 24.4 Å². The Hall–Kier alpha value is -3.44. The number of fused-ring (bicyclic) bond motifs is 2. The summed E-state index contributed by atoms with van der Waals surface area (Å²) in [5, 5.41) is 3.77. The molecule has 0 amide bonds. The third-order valence-electron chi connectivity index (χ3n) is 5.45.